The molecular formula is C22H22N2O4. The van der Waals surface area contributed by atoms with Crippen LogP contribution < -0.4 is 14.8 Å². The maximum atomic E-state index is 12.7. The molecule has 0 saturated carbocycles. The second-order valence-electron chi connectivity index (χ2n) is 6.77. The molecule has 28 heavy (non-hydrogen) atoms. The van der Waals surface area contributed by atoms with Gasteiger partial charge in [0, 0.05) is 23.5 Å². The molecule has 2 aromatic carbocycles. The van der Waals surface area contributed by atoms with Crippen molar-refractivity contribution in [3.05, 3.63) is 59.8 Å². The molecule has 0 saturated heterocycles. The molecule has 1 amide bonds. The number of aromatic nitrogens is 1. The highest BCUT2D eigenvalue weighted by Gasteiger charge is 2.23. The van der Waals surface area contributed by atoms with E-state index >= 15 is 0 Å². The van der Waals surface area contributed by atoms with Gasteiger partial charge in [-0.3, -0.25) is 9.59 Å². The molecular weight excluding hydrogens is 356 g/mol. The maximum Gasteiger partial charge on any atom is 0.292 e. The molecule has 0 spiro atoms. The molecule has 0 unspecified atom stereocenters. The fourth-order valence-electron chi connectivity index (χ4n) is 3.42. The number of hydrogen-bond donors (Lipinski definition) is 2. The monoisotopic (exact) mass is 378 g/mol. The zero-order chi connectivity index (χ0) is 19.5. The quantitative estimate of drug-likeness (QED) is 0.523. The zero-order valence-electron chi connectivity index (χ0n) is 15.7. The van der Waals surface area contributed by atoms with E-state index in [2.05, 4.69) is 10.3 Å². The number of nitrogens with one attached hydrogen (secondary N) is 2. The van der Waals surface area contributed by atoms with Crippen LogP contribution in [-0.4, -0.2) is 29.9 Å². The minimum atomic E-state index is -0.622. The molecule has 0 radical (unpaired) electrons. The van der Waals surface area contributed by atoms with Crippen LogP contribution in [0.5, 0.6) is 11.5 Å². The number of carbonyl (C=O) groups excluding carboxylic acids is 2. The number of para-hydroxylation sites is 1. The Morgan fingerprint density at radius 3 is 2.71 bits per heavy atom. The minimum absolute atomic E-state index is 0.293. The van der Waals surface area contributed by atoms with Gasteiger partial charge in [0.05, 0.1) is 24.8 Å². The van der Waals surface area contributed by atoms with Crippen LogP contribution in [0.1, 0.15) is 41.7 Å². The van der Waals surface area contributed by atoms with Gasteiger partial charge in [-0.2, -0.15) is 0 Å². The SMILES string of the molecule is CC[C@@H](NC(=O)C(=O)c1c[nH]c2ccccc12)c1ccc2c(c1)OCCCO2. The Morgan fingerprint density at radius 2 is 1.89 bits per heavy atom. The number of H-pyrrole nitrogens is 1. The number of amides is 1. The summed E-state index contributed by atoms with van der Waals surface area (Å²) >= 11 is 0. The number of ether oxygens (including phenoxy) is 2. The van der Waals surface area contributed by atoms with E-state index in [1.54, 1.807) is 6.20 Å². The van der Waals surface area contributed by atoms with Gasteiger partial charge < -0.3 is 19.8 Å². The van der Waals surface area contributed by atoms with Crippen LogP contribution in [0.25, 0.3) is 10.9 Å². The third-order valence-corrected chi connectivity index (χ3v) is 4.93. The molecule has 1 aliphatic rings. The van der Waals surface area contributed by atoms with Crippen molar-refractivity contribution in [1.29, 1.82) is 0 Å². The summed E-state index contributed by atoms with van der Waals surface area (Å²) in [5, 5.41) is 3.60. The van der Waals surface area contributed by atoms with Gasteiger partial charge in [-0.25, -0.2) is 0 Å². The standard InChI is InChI=1S/C22H22N2O4/c1-2-17(14-8-9-19-20(12-14)28-11-5-10-27-19)24-22(26)21(25)16-13-23-18-7-4-3-6-15(16)18/h3-4,6-9,12-13,17,23H,2,5,10-11H2,1H3,(H,24,26)/t17-/m1/s1. The normalized spacial score (nSPS) is 14.3. The van der Waals surface area contributed by atoms with Crippen LogP contribution in [0.2, 0.25) is 0 Å². The molecule has 144 valence electrons. The van der Waals surface area contributed by atoms with E-state index in [0.29, 0.717) is 36.7 Å². The first-order valence-corrected chi connectivity index (χ1v) is 9.48. The van der Waals surface area contributed by atoms with Crippen LogP contribution in [0.3, 0.4) is 0 Å². The summed E-state index contributed by atoms with van der Waals surface area (Å²) in [5.74, 6) is 0.205. The van der Waals surface area contributed by atoms with E-state index in [1.807, 2.05) is 49.4 Å². The largest absolute Gasteiger partial charge is 0.490 e. The Balaban J connectivity index is 1.54. The lowest BCUT2D eigenvalue weighted by Crippen LogP contribution is -2.34. The molecule has 1 aromatic heterocycles. The molecule has 0 aliphatic carbocycles. The second-order valence-corrected chi connectivity index (χ2v) is 6.77. The Bertz CT molecular complexity index is 1020. The van der Waals surface area contributed by atoms with Crippen molar-refractivity contribution >= 4 is 22.6 Å². The van der Waals surface area contributed by atoms with Crippen LogP contribution in [0.4, 0.5) is 0 Å². The first-order chi connectivity index (χ1) is 13.7. The maximum absolute atomic E-state index is 12.7. The molecule has 4 rings (SSSR count). The molecule has 2 heterocycles. The zero-order valence-corrected chi connectivity index (χ0v) is 15.7. The molecule has 0 fully saturated rings. The van der Waals surface area contributed by atoms with Gasteiger partial charge in [-0.15, -0.1) is 0 Å². The van der Waals surface area contributed by atoms with Crippen LogP contribution in [-0.2, 0) is 4.79 Å². The lowest BCUT2D eigenvalue weighted by Gasteiger charge is -2.18. The number of ketones is 1. The highest BCUT2D eigenvalue weighted by atomic mass is 16.5. The van der Waals surface area contributed by atoms with Crippen molar-refractivity contribution in [3.63, 3.8) is 0 Å². The first kappa shape index (κ1) is 18.1. The number of benzene rings is 2. The third kappa shape index (κ3) is 3.45. The van der Waals surface area contributed by atoms with Crippen molar-refractivity contribution in [3.8, 4) is 11.5 Å². The van der Waals surface area contributed by atoms with E-state index in [0.717, 1.165) is 22.9 Å². The molecule has 0 bridgehead atoms. The Morgan fingerprint density at radius 1 is 1.11 bits per heavy atom. The Labute approximate surface area is 162 Å². The highest BCUT2D eigenvalue weighted by Crippen LogP contribution is 2.33. The Hall–Kier alpha value is -3.28. The van der Waals surface area contributed by atoms with E-state index < -0.39 is 11.7 Å². The highest BCUT2D eigenvalue weighted by molar-refractivity contribution is 6.45. The lowest BCUT2D eigenvalue weighted by molar-refractivity contribution is -0.117. The number of carbonyl (C=O) groups is 2. The molecule has 3 aromatic rings. The molecule has 1 atom stereocenters. The summed E-state index contributed by atoms with van der Waals surface area (Å²) in [5.41, 5.74) is 2.09. The second kappa shape index (κ2) is 7.76. The predicted octanol–water partition coefficient (Wildman–Crippen LogP) is 3.78. The van der Waals surface area contributed by atoms with Crippen LogP contribution in [0, 0.1) is 0 Å². The average Bonchev–Trinajstić information content (AvgIpc) is 3.01. The fourth-order valence-corrected chi connectivity index (χ4v) is 3.42. The summed E-state index contributed by atoms with van der Waals surface area (Å²) < 4.78 is 11.4. The first-order valence-electron chi connectivity index (χ1n) is 9.48. The smallest absolute Gasteiger partial charge is 0.292 e. The summed E-state index contributed by atoms with van der Waals surface area (Å²) in [7, 11) is 0. The van der Waals surface area contributed by atoms with E-state index in [-0.39, 0.29) is 6.04 Å². The van der Waals surface area contributed by atoms with Crippen molar-refractivity contribution in [1.82, 2.24) is 10.3 Å². The van der Waals surface area contributed by atoms with Gasteiger partial charge in [0.1, 0.15) is 0 Å². The van der Waals surface area contributed by atoms with Gasteiger partial charge in [0.15, 0.2) is 11.5 Å². The Kier molecular flexibility index (Phi) is 5.02. The molecule has 6 nitrogen and oxygen atoms in total. The third-order valence-electron chi connectivity index (χ3n) is 4.93. The van der Waals surface area contributed by atoms with Crippen molar-refractivity contribution in [2.45, 2.75) is 25.8 Å². The number of Topliss-reactive ketones (excluding diaryl/α,β-unsaturated/α-hetero) is 1. The van der Waals surface area contributed by atoms with Gasteiger partial charge in [-0.1, -0.05) is 31.2 Å². The summed E-state index contributed by atoms with van der Waals surface area (Å²) in [4.78, 5) is 28.4. The number of fused-ring (bicyclic) bond motifs is 2. The van der Waals surface area contributed by atoms with Crippen molar-refractivity contribution in [2.75, 3.05) is 13.2 Å². The van der Waals surface area contributed by atoms with E-state index in [9.17, 15) is 9.59 Å². The van der Waals surface area contributed by atoms with E-state index in [1.165, 1.54) is 0 Å². The summed E-state index contributed by atoms with van der Waals surface area (Å²) in [6.07, 6.45) is 3.06. The summed E-state index contributed by atoms with van der Waals surface area (Å²) in [6, 6.07) is 12.8. The van der Waals surface area contributed by atoms with Gasteiger partial charge in [0.25, 0.3) is 11.7 Å². The van der Waals surface area contributed by atoms with Gasteiger partial charge in [0.2, 0.25) is 0 Å². The molecule has 6 heteroatoms. The van der Waals surface area contributed by atoms with Gasteiger partial charge >= 0.3 is 0 Å². The van der Waals surface area contributed by atoms with E-state index in [4.69, 9.17) is 9.47 Å². The molecule has 2 N–H and O–H groups in total. The predicted molar refractivity (Wildman–Crippen MR) is 106 cm³/mol. The van der Waals surface area contributed by atoms with Crippen LogP contribution >= 0.6 is 0 Å². The minimum Gasteiger partial charge on any atom is -0.490 e. The summed E-state index contributed by atoms with van der Waals surface area (Å²) in [6.45, 7) is 3.18. The van der Waals surface area contributed by atoms with Crippen LogP contribution in [0.15, 0.2) is 48.7 Å². The van der Waals surface area contributed by atoms with Crippen molar-refractivity contribution < 1.29 is 19.1 Å². The average molecular weight is 378 g/mol. The number of rotatable bonds is 5. The van der Waals surface area contributed by atoms with Crippen molar-refractivity contribution in [2.24, 2.45) is 0 Å². The topological polar surface area (TPSA) is 80.4 Å². The lowest BCUT2D eigenvalue weighted by atomic mass is 10.0. The number of aromatic amines is 1. The van der Waals surface area contributed by atoms with Gasteiger partial charge in [-0.05, 0) is 30.2 Å². The fraction of sp³-hybridized carbons (Fsp3) is 0.273. The molecule has 1 aliphatic heterocycles. The number of hydrogen-bond acceptors (Lipinski definition) is 4.